The van der Waals surface area contributed by atoms with Crippen LogP contribution in [-0.4, -0.2) is 13.7 Å². The van der Waals surface area contributed by atoms with E-state index >= 15 is 0 Å². The van der Waals surface area contributed by atoms with Crippen LogP contribution in [0.25, 0.3) is 0 Å². The van der Waals surface area contributed by atoms with Gasteiger partial charge in [-0.15, -0.1) is 0 Å². The van der Waals surface area contributed by atoms with E-state index in [1.54, 1.807) is 7.11 Å². The molecule has 0 amide bonds. The number of benzene rings is 1. The average molecular weight is 350 g/mol. The average Bonchev–Trinajstić information content (AvgIpc) is 2.29. The van der Waals surface area contributed by atoms with Crippen LogP contribution in [0.15, 0.2) is 33.7 Å². The predicted octanol–water partition coefficient (Wildman–Crippen LogP) is 4.23. The molecule has 88 valence electrons. The Morgan fingerprint density at radius 2 is 1.94 bits per heavy atom. The first-order valence-corrected chi connectivity index (χ1v) is 6.53. The Morgan fingerprint density at radius 3 is 2.50 bits per heavy atom. The molecule has 0 saturated heterocycles. The van der Waals surface area contributed by atoms with Crippen LogP contribution in [0.3, 0.4) is 0 Å². The van der Waals surface area contributed by atoms with Gasteiger partial charge in [0.1, 0.15) is 5.75 Å². The minimum atomic E-state index is 0.637. The largest absolute Gasteiger partial charge is 0.497 e. The number of methoxy groups -OCH3 is 1. The van der Waals surface area contributed by atoms with E-state index in [1.807, 2.05) is 30.3 Å². The summed E-state index contributed by atoms with van der Waals surface area (Å²) in [6.45, 7) is 1.35. The minimum Gasteiger partial charge on any atom is -0.497 e. The number of ether oxygens (including phenoxy) is 2. The van der Waals surface area contributed by atoms with Gasteiger partial charge in [-0.3, -0.25) is 0 Å². The van der Waals surface area contributed by atoms with Gasteiger partial charge in [0, 0.05) is 0 Å². The van der Waals surface area contributed by atoms with Crippen LogP contribution in [0.5, 0.6) is 5.75 Å². The molecule has 0 heterocycles. The number of hydrogen-bond acceptors (Lipinski definition) is 2. The molecule has 0 aliphatic heterocycles. The normalized spacial score (nSPS) is 9.94. The van der Waals surface area contributed by atoms with Crippen molar-refractivity contribution in [2.75, 3.05) is 13.7 Å². The fourth-order valence-corrected chi connectivity index (χ4v) is 1.62. The van der Waals surface area contributed by atoms with Crippen molar-refractivity contribution in [2.24, 2.45) is 0 Å². The molecule has 1 aromatic carbocycles. The van der Waals surface area contributed by atoms with Crippen LogP contribution in [0.4, 0.5) is 0 Å². The fourth-order valence-electron chi connectivity index (χ4n) is 1.16. The lowest BCUT2D eigenvalue weighted by atomic mass is 10.2. The van der Waals surface area contributed by atoms with E-state index in [1.165, 1.54) is 0 Å². The van der Waals surface area contributed by atoms with Gasteiger partial charge < -0.3 is 9.47 Å². The molecule has 0 N–H and O–H groups in total. The van der Waals surface area contributed by atoms with Gasteiger partial charge in [0.05, 0.1) is 23.7 Å². The van der Waals surface area contributed by atoms with Gasteiger partial charge >= 0.3 is 0 Å². The highest BCUT2D eigenvalue weighted by Crippen LogP contribution is 2.14. The molecule has 0 unspecified atom stereocenters. The minimum absolute atomic E-state index is 0.637. The van der Waals surface area contributed by atoms with E-state index in [0.717, 1.165) is 21.1 Å². The van der Waals surface area contributed by atoms with E-state index < -0.39 is 0 Å². The third-order valence-electron chi connectivity index (χ3n) is 1.99. The van der Waals surface area contributed by atoms with Gasteiger partial charge in [-0.1, -0.05) is 18.2 Å². The lowest BCUT2D eigenvalue weighted by Crippen LogP contribution is -1.94. The van der Waals surface area contributed by atoms with Crippen molar-refractivity contribution in [3.05, 3.63) is 39.3 Å². The number of halogens is 2. The summed E-state index contributed by atoms with van der Waals surface area (Å²) in [4.78, 5) is 0. The predicted molar refractivity (Wildman–Crippen MR) is 73.2 cm³/mol. The van der Waals surface area contributed by atoms with Gasteiger partial charge in [0.2, 0.25) is 0 Å². The summed E-state index contributed by atoms with van der Waals surface area (Å²) in [6.07, 6.45) is 2.91. The van der Waals surface area contributed by atoms with Crippen LogP contribution in [0.1, 0.15) is 12.0 Å². The van der Waals surface area contributed by atoms with E-state index in [-0.39, 0.29) is 0 Å². The van der Waals surface area contributed by atoms with Gasteiger partial charge in [-0.25, -0.2) is 0 Å². The number of rotatable bonds is 6. The molecule has 0 saturated carbocycles. The highest BCUT2D eigenvalue weighted by molar-refractivity contribution is 9.28. The highest BCUT2D eigenvalue weighted by Gasteiger charge is 1.94. The molecule has 0 atom stereocenters. The zero-order valence-electron chi connectivity index (χ0n) is 9.08. The molecule has 1 rings (SSSR count). The Hall–Kier alpha value is -0.320. The summed E-state index contributed by atoms with van der Waals surface area (Å²) in [6, 6.07) is 7.89. The van der Waals surface area contributed by atoms with Gasteiger partial charge in [-0.2, -0.15) is 0 Å². The molecule has 16 heavy (non-hydrogen) atoms. The summed E-state index contributed by atoms with van der Waals surface area (Å²) in [5.41, 5.74) is 1.16. The maximum atomic E-state index is 5.52. The number of hydrogen-bond donors (Lipinski definition) is 0. The molecule has 1 aromatic rings. The zero-order chi connectivity index (χ0) is 11.8. The fraction of sp³-hybridized carbons (Fsp3) is 0.333. The Labute approximate surface area is 113 Å². The second-order valence-corrected chi connectivity index (χ2v) is 5.96. The van der Waals surface area contributed by atoms with Crippen molar-refractivity contribution in [1.29, 1.82) is 0 Å². The van der Waals surface area contributed by atoms with Crippen LogP contribution >= 0.6 is 31.9 Å². The van der Waals surface area contributed by atoms with Crippen molar-refractivity contribution >= 4 is 31.9 Å². The van der Waals surface area contributed by atoms with E-state index in [4.69, 9.17) is 9.47 Å². The maximum Gasteiger partial charge on any atom is 0.118 e. The summed E-state index contributed by atoms with van der Waals surface area (Å²) in [5, 5.41) is 0. The van der Waals surface area contributed by atoms with Gasteiger partial charge in [-0.05, 0) is 56.0 Å². The van der Waals surface area contributed by atoms with E-state index in [0.29, 0.717) is 13.2 Å². The SMILES string of the molecule is COc1ccc(COCCC=C(Br)Br)cc1. The van der Waals surface area contributed by atoms with Crippen LogP contribution in [0.2, 0.25) is 0 Å². The molecule has 0 spiro atoms. The Bertz CT molecular complexity index is 329. The Morgan fingerprint density at radius 1 is 1.25 bits per heavy atom. The first-order chi connectivity index (χ1) is 7.72. The monoisotopic (exact) mass is 348 g/mol. The molecule has 0 aromatic heterocycles. The van der Waals surface area contributed by atoms with E-state index in [9.17, 15) is 0 Å². The molecule has 0 fully saturated rings. The quantitative estimate of drug-likeness (QED) is 0.715. The maximum absolute atomic E-state index is 5.52. The van der Waals surface area contributed by atoms with Crippen molar-refractivity contribution < 1.29 is 9.47 Å². The van der Waals surface area contributed by atoms with Gasteiger partial charge in [0.25, 0.3) is 0 Å². The van der Waals surface area contributed by atoms with Crippen LogP contribution in [-0.2, 0) is 11.3 Å². The topological polar surface area (TPSA) is 18.5 Å². The van der Waals surface area contributed by atoms with Crippen molar-refractivity contribution in [3.63, 3.8) is 0 Å². The zero-order valence-corrected chi connectivity index (χ0v) is 12.3. The summed E-state index contributed by atoms with van der Waals surface area (Å²) >= 11 is 6.59. The molecule has 0 radical (unpaired) electrons. The van der Waals surface area contributed by atoms with Crippen LogP contribution < -0.4 is 4.74 Å². The van der Waals surface area contributed by atoms with E-state index in [2.05, 4.69) is 31.9 Å². The molecular formula is C12H14Br2O2. The third kappa shape index (κ3) is 5.68. The first-order valence-electron chi connectivity index (χ1n) is 4.94. The standard InChI is InChI=1S/C12H14Br2O2/c1-15-11-6-4-10(5-7-11)9-16-8-2-3-12(13)14/h3-7H,2,8-9H2,1H3. The molecule has 0 aliphatic rings. The second kappa shape index (κ2) is 7.87. The lowest BCUT2D eigenvalue weighted by Gasteiger charge is -2.04. The summed E-state index contributed by atoms with van der Waals surface area (Å²) < 4.78 is 11.6. The highest BCUT2D eigenvalue weighted by atomic mass is 79.9. The Balaban J connectivity index is 2.24. The third-order valence-corrected chi connectivity index (χ3v) is 2.64. The van der Waals surface area contributed by atoms with Crippen molar-refractivity contribution in [2.45, 2.75) is 13.0 Å². The summed E-state index contributed by atoms with van der Waals surface area (Å²) in [7, 11) is 1.66. The lowest BCUT2D eigenvalue weighted by molar-refractivity contribution is 0.125. The Kier molecular flexibility index (Phi) is 6.76. The molecule has 0 bridgehead atoms. The molecular weight excluding hydrogens is 336 g/mol. The smallest absolute Gasteiger partial charge is 0.118 e. The van der Waals surface area contributed by atoms with Crippen molar-refractivity contribution in [1.82, 2.24) is 0 Å². The van der Waals surface area contributed by atoms with Gasteiger partial charge in [0.15, 0.2) is 0 Å². The van der Waals surface area contributed by atoms with Crippen molar-refractivity contribution in [3.8, 4) is 5.75 Å². The molecule has 0 aliphatic carbocycles. The first kappa shape index (κ1) is 13.7. The second-order valence-electron chi connectivity index (χ2n) is 3.18. The van der Waals surface area contributed by atoms with Crippen LogP contribution in [0, 0.1) is 0 Å². The molecule has 4 heteroatoms. The molecule has 2 nitrogen and oxygen atoms in total. The summed E-state index contributed by atoms with van der Waals surface area (Å²) in [5.74, 6) is 0.870.